The number of benzene rings is 2. The van der Waals surface area contributed by atoms with Crippen LogP contribution in [-0.2, 0) is 14.9 Å². The van der Waals surface area contributed by atoms with Crippen LogP contribution in [0, 0.1) is 5.82 Å². The van der Waals surface area contributed by atoms with E-state index in [1.165, 1.54) is 6.07 Å². The van der Waals surface area contributed by atoms with E-state index >= 15 is 0 Å². The molecule has 7 heteroatoms. The fraction of sp³-hybridized carbons (Fsp3) is 0.455. The van der Waals surface area contributed by atoms with Gasteiger partial charge in [-0.3, -0.25) is 0 Å². The molecule has 0 unspecified atom stereocenters. The molecular formula is C22H25BClFO4. The number of ether oxygens (including phenoxy) is 1. The van der Waals surface area contributed by atoms with E-state index in [2.05, 4.69) is 0 Å². The van der Waals surface area contributed by atoms with Crippen LogP contribution in [0.5, 0.6) is 5.75 Å². The monoisotopic (exact) mass is 418 g/mol. The van der Waals surface area contributed by atoms with Gasteiger partial charge >= 0.3 is 7.12 Å². The molecule has 0 spiro atoms. The Labute approximate surface area is 176 Å². The standard InChI is InChI=1S/C22H25BClFO4/c1-13-17-16(27-22(13,12-26)14-9-7-6-8-10-14)11-15(25)19(24)18(17)23-28-20(2,3)21(4,5)29-23/h6-11,13,26H,12H2,1-5H3/t13-,22-/m0/s1. The van der Waals surface area contributed by atoms with E-state index in [9.17, 15) is 9.50 Å². The number of aliphatic hydroxyl groups excluding tert-OH is 1. The summed E-state index contributed by atoms with van der Waals surface area (Å²) in [7, 11) is -0.840. The zero-order chi connectivity index (χ0) is 21.2. The fourth-order valence-electron chi connectivity index (χ4n) is 4.17. The van der Waals surface area contributed by atoms with Gasteiger partial charge in [0, 0.05) is 23.0 Å². The number of halogens is 2. The molecule has 2 aromatic rings. The average molecular weight is 419 g/mol. The van der Waals surface area contributed by atoms with Crippen molar-refractivity contribution in [2.24, 2.45) is 0 Å². The van der Waals surface area contributed by atoms with Gasteiger partial charge in [0.25, 0.3) is 0 Å². The van der Waals surface area contributed by atoms with Crippen molar-refractivity contribution in [3.63, 3.8) is 0 Å². The fourth-order valence-corrected chi connectivity index (χ4v) is 4.41. The second-order valence-electron chi connectivity index (χ2n) is 8.82. The lowest BCUT2D eigenvalue weighted by atomic mass is 9.70. The van der Waals surface area contributed by atoms with Gasteiger partial charge in [0.1, 0.15) is 11.6 Å². The Kier molecular flexibility index (Phi) is 4.78. The molecule has 1 N–H and O–H groups in total. The highest BCUT2D eigenvalue weighted by atomic mass is 35.5. The molecule has 0 saturated carbocycles. The molecule has 2 aliphatic heterocycles. The van der Waals surface area contributed by atoms with E-state index in [0.717, 1.165) is 5.56 Å². The van der Waals surface area contributed by atoms with E-state index in [1.807, 2.05) is 65.0 Å². The minimum Gasteiger partial charge on any atom is -0.479 e. The molecule has 0 radical (unpaired) electrons. The Morgan fingerprint density at radius 1 is 1.10 bits per heavy atom. The van der Waals surface area contributed by atoms with Crippen LogP contribution < -0.4 is 10.2 Å². The van der Waals surface area contributed by atoms with Gasteiger partial charge in [0.15, 0.2) is 5.60 Å². The van der Waals surface area contributed by atoms with Crippen LogP contribution in [0.25, 0.3) is 0 Å². The third-order valence-electron chi connectivity index (χ3n) is 6.67. The molecule has 1 fully saturated rings. The van der Waals surface area contributed by atoms with E-state index in [0.29, 0.717) is 16.8 Å². The smallest absolute Gasteiger partial charge is 0.479 e. The molecule has 0 aliphatic carbocycles. The quantitative estimate of drug-likeness (QED) is 0.760. The molecule has 0 bridgehead atoms. The summed E-state index contributed by atoms with van der Waals surface area (Å²) in [6.07, 6.45) is 0. The average Bonchev–Trinajstić information content (AvgIpc) is 3.06. The van der Waals surface area contributed by atoms with Crippen molar-refractivity contribution in [3.8, 4) is 5.75 Å². The van der Waals surface area contributed by atoms with Gasteiger partial charge in [-0.2, -0.15) is 0 Å². The lowest BCUT2D eigenvalue weighted by molar-refractivity contribution is 0.00578. The van der Waals surface area contributed by atoms with Crippen molar-refractivity contribution in [2.45, 2.75) is 57.3 Å². The van der Waals surface area contributed by atoms with E-state index in [1.54, 1.807) is 0 Å². The maximum Gasteiger partial charge on any atom is 0.496 e. The van der Waals surface area contributed by atoms with Crippen molar-refractivity contribution < 1.29 is 23.5 Å². The van der Waals surface area contributed by atoms with Crippen LogP contribution in [0.1, 0.15) is 51.7 Å². The molecule has 154 valence electrons. The zero-order valence-corrected chi connectivity index (χ0v) is 18.0. The van der Waals surface area contributed by atoms with Crippen molar-refractivity contribution in [1.29, 1.82) is 0 Å². The maximum absolute atomic E-state index is 14.8. The first-order valence-electron chi connectivity index (χ1n) is 9.77. The molecule has 2 heterocycles. The van der Waals surface area contributed by atoms with E-state index < -0.39 is 29.7 Å². The summed E-state index contributed by atoms with van der Waals surface area (Å²) in [6, 6.07) is 10.7. The number of rotatable bonds is 3. The second kappa shape index (κ2) is 6.71. The van der Waals surface area contributed by atoms with E-state index in [4.69, 9.17) is 25.6 Å². The van der Waals surface area contributed by atoms with Gasteiger partial charge in [0.05, 0.1) is 22.8 Å². The predicted molar refractivity (Wildman–Crippen MR) is 111 cm³/mol. The van der Waals surface area contributed by atoms with Gasteiger partial charge in [-0.15, -0.1) is 0 Å². The van der Waals surface area contributed by atoms with Crippen LogP contribution in [-0.4, -0.2) is 30.0 Å². The van der Waals surface area contributed by atoms with Crippen molar-refractivity contribution >= 4 is 24.2 Å². The molecule has 0 aromatic heterocycles. The highest BCUT2D eigenvalue weighted by molar-refractivity contribution is 6.66. The first-order chi connectivity index (χ1) is 13.5. The number of aliphatic hydroxyl groups is 1. The molecule has 0 amide bonds. The molecule has 2 aromatic carbocycles. The maximum atomic E-state index is 14.8. The summed E-state index contributed by atoms with van der Waals surface area (Å²) >= 11 is 6.44. The second-order valence-corrected chi connectivity index (χ2v) is 9.20. The van der Waals surface area contributed by atoms with Crippen molar-refractivity contribution in [3.05, 3.63) is 58.4 Å². The molecular weight excluding hydrogens is 394 g/mol. The molecule has 2 aliphatic rings. The third kappa shape index (κ3) is 2.92. The Morgan fingerprint density at radius 3 is 2.24 bits per heavy atom. The molecule has 29 heavy (non-hydrogen) atoms. The van der Waals surface area contributed by atoms with Crippen molar-refractivity contribution in [1.82, 2.24) is 0 Å². The van der Waals surface area contributed by atoms with Gasteiger partial charge in [-0.25, -0.2) is 4.39 Å². The van der Waals surface area contributed by atoms with Crippen LogP contribution in [0.15, 0.2) is 36.4 Å². The van der Waals surface area contributed by atoms with Crippen LogP contribution in [0.3, 0.4) is 0 Å². The highest BCUT2D eigenvalue weighted by Crippen LogP contribution is 2.51. The lowest BCUT2D eigenvalue weighted by Crippen LogP contribution is -2.41. The molecule has 4 nitrogen and oxygen atoms in total. The summed E-state index contributed by atoms with van der Waals surface area (Å²) in [5.74, 6) is -0.567. The lowest BCUT2D eigenvalue weighted by Gasteiger charge is -2.32. The highest BCUT2D eigenvalue weighted by Gasteiger charge is 2.56. The Bertz CT molecular complexity index is 934. The summed E-state index contributed by atoms with van der Waals surface area (Å²) in [5, 5.41) is 10.3. The Hall–Kier alpha value is -1.60. The van der Waals surface area contributed by atoms with Crippen LogP contribution in [0.4, 0.5) is 4.39 Å². The minimum atomic E-state index is -1.04. The molecule has 2 atom stereocenters. The first kappa shape index (κ1) is 20.7. The molecule has 1 saturated heterocycles. The van der Waals surface area contributed by atoms with Gasteiger partial charge < -0.3 is 19.2 Å². The predicted octanol–water partition coefficient (Wildman–Crippen LogP) is 4.16. The first-order valence-corrected chi connectivity index (χ1v) is 10.1. The topological polar surface area (TPSA) is 47.9 Å². The number of fused-ring (bicyclic) bond motifs is 1. The van der Waals surface area contributed by atoms with E-state index in [-0.39, 0.29) is 17.5 Å². The number of hydrogen-bond donors (Lipinski definition) is 1. The summed E-state index contributed by atoms with van der Waals surface area (Å²) < 4.78 is 33.3. The van der Waals surface area contributed by atoms with Gasteiger partial charge in [-0.05, 0) is 33.3 Å². The summed E-state index contributed by atoms with van der Waals surface area (Å²) in [6.45, 7) is 9.41. The van der Waals surface area contributed by atoms with Gasteiger partial charge in [-0.1, -0.05) is 48.9 Å². The SMILES string of the molecule is C[C@H]1c2c(cc(F)c(Cl)c2B2OC(C)(C)C(C)(C)O2)O[C@]1(CO)c1ccccc1. The largest absolute Gasteiger partial charge is 0.496 e. The minimum absolute atomic E-state index is 0.0421. The Balaban J connectivity index is 1.88. The van der Waals surface area contributed by atoms with Gasteiger partial charge in [0.2, 0.25) is 0 Å². The Morgan fingerprint density at radius 2 is 1.69 bits per heavy atom. The normalized spacial score (nSPS) is 27.0. The zero-order valence-electron chi connectivity index (χ0n) is 17.3. The molecule has 4 rings (SSSR count). The number of hydrogen-bond acceptors (Lipinski definition) is 4. The summed E-state index contributed by atoms with van der Waals surface area (Å²) in [5.41, 5.74) is -0.305. The third-order valence-corrected chi connectivity index (χ3v) is 7.05. The summed E-state index contributed by atoms with van der Waals surface area (Å²) in [4.78, 5) is 0. The van der Waals surface area contributed by atoms with Crippen molar-refractivity contribution in [2.75, 3.05) is 6.61 Å². The van der Waals surface area contributed by atoms with Crippen LogP contribution >= 0.6 is 11.6 Å². The van der Waals surface area contributed by atoms with Crippen LogP contribution in [0.2, 0.25) is 5.02 Å².